The van der Waals surface area contributed by atoms with E-state index in [0.717, 1.165) is 24.0 Å². The molecule has 0 unspecified atom stereocenters. The van der Waals surface area contributed by atoms with E-state index in [0.29, 0.717) is 29.6 Å². The van der Waals surface area contributed by atoms with E-state index in [1.54, 1.807) is 12.1 Å². The standard InChI is InChI=1S/C31H33ClN2O4/c1-20(2)28(30(36)34-15-13-23(14-16-34)22-9-11-27(32)12-10-22)33-29(35)25-17-24(21-7-5-4-6-8-21)18-26(19-25)31(37)38-3/h4-12,17-20,23,28H,13-16H2,1-3H3,(H,33,35)/t28-/m1/s1. The minimum absolute atomic E-state index is 0.0877. The molecule has 7 heteroatoms. The minimum atomic E-state index is -0.684. The Kier molecular flexibility index (Phi) is 8.85. The van der Waals surface area contributed by atoms with Gasteiger partial charge in [0, 0.05) is 23.7 Å². The lowest BCUT2D eigenvalue weighted by Gasteiger charge is -2.35. The number of nitrogens with zero attached hydrogens (tertiary/aromatic N) is 1. The second-order valence-electron chi connectivity index (χ2n) is 10.0. The van der Waals surface area contributed by atoms with E-state index in [-0.39, 0.29) is 17.4 Å². The van der Waals surface area contributed by atoms with Crippen molar-refractivity contribution >= 4 is 29.4 Å². The van der Waals surface area contributed by atoms with Gasteiger partial charge in [-0.1, -0.05) is 67.9 Å². The fourth-order valence-electron chi connectivity index (χ4n) is 4.89. The molecule has 38 heavy (non-hydrogen) atoms. The number of rotatable bonds is 7. The molecule has 0 saturated carbocycles. The molecule has 1 aliphatic heterocycles. The topological polar surface area (TPSA) is 75.7 Å². The molecule has 1 heterocycles. The summed E-state index contributed by atoms with van der Waals surface area (Å²) in [4.78, 5) is 41.1. The van der Waals surface area contributed by atoms with Crippen LogP contribution in [-0.4, -0.2) is 48.9 Å². The zero-order valence-electron chi connectivity index (χ0n) is 21.9. The van der Waals surface area contributed by atoms with Crippen molar-refractivity contribution in [3.63, 3.8) is 0 Å². The van der Waals surface area contributed by atoms with Gasteiger partial charge in [-0.3, -0.25) is 9.59 Å². The second kappa shape index (κ2) is 12.3. The van der Waals surface area contributed by atoms with Crippen LogP contribution in [0.4, 0.5) is 0 Å². The summed E-state index contributed by atoms with van der Waals surface area (Å²) in [6, 6.07) is 21.7. The normalized spacial score (nSPS) is 14.7. The summed E-state index contributed by atoms with van der Waals surface area (Å²) < 4.78 is 4.91. The summed E-state index contributed by atoms with van der Waals surface area (Å²) in [7, 11) is 1.31. The molecule has 0 spiro atoms. The van der Waals surface area contributed by atoms with Crippen LogP contribution in [0.15, 0.2) is 72.8 Å². The third-order valence-corrected chi connectivity index (χ3v) is 7.34. The molecule has 0 aliphatic carbocycles. The zero-order valence-corrected chi connectivity index (χ0v) is 22.7. The molecule has 0 bridgehead atoms. The van der Waals surface area contributed by atoms with E-state index in [1.807, 2.05) is 73.3 Å². The maximum absolute atomic E-state index is 13.5. The smallest absolute Gasteiger partial charge is 0.337 e. The van der Waals surface area contributed by atoms with Crippen LogP contribution in [0.2, 0.25) is 5.02 Å². The first-order chi connectivity index (χ1) is 18.3. The van der Waals surface area contributed by atoms with Crippen molar-refractivity contribution in [2.24, 2.45) is 5.92 Å². The molecule has 3 aromatic carbocycles. The molecule has 198 valence electrons. The van der Waals surface area contributed by atoms with E-state index in [9.17, 15) is 14.4 Å². The summed E-state index contributed by atoms with van der Waals surface area (Å²) in [6.07, 6.45) is 1.71. The number of amides is 2. The second-order valence-corrected chi connectivity index (χ2v) is 10.4. The highest BCUT2D eigenvalue weighted by Crippen LogP contribution is 2.29. The van der Waals surface area contributed by atoms with Crippen LogP contribution in [0.25, 0.3) is 11.1 Å². The van der Waals surface area contributed by atoms with Gasteiger partial charge in [-0.05, 0) is 71.7 Å². The molecule has 3 aromatic rings. The minimum Gasteiger partial charge on any atom is -0.465 e. The van der Waals surface area contributed by atoms with Crippen molar-refractivity contribution in [3.8, 4) is 11.1 Å². The van der Waals surface area contributed by atoms with Gasteiger partial charge in [0.05, 0.1) is 12.7 Å². The van der Waals surface area contributed by atoms with Crippen molar-refractivity contribution in [1.29, 1.82) is 0 Å². The molecule has 6 nitrogen and oxygen atoms in total. The third-order valence-electron chi connectivity index (χ3n) is 7.09. The van der Waals surface area contributed by atoms with Gasteiger partial charge in [-0.15, -0.1) is 0 Å². The Hall–Kier alpha value is -3.64. The number of carbonyl (C=O) groups is 3. The first-order valence-corrected chi connectivity index (χ1v) is 13.3. The summed E-state index contributed by atoms with van der Waals surface area (Å²) in [5, 5.41) is 3.66. The van der Waals surface area contributed by atoms with Crippen molar-refractivity contribution in [2.45, 2.75) is 38.6 Å². The van der Waals surface area contributed by atoms with Crippen LogP contribution in [0.3, 0.4) is 0 Å². The molecule has 1 saturated heterocycles. The Balaban J connectivity index is 1.50. The average Bonchev–Trinajstić information content (AvgIpc) is 2.95. The number of methoxy groups -OCH3 is 1. The zero-order chi connectivity index (χ0) is 27.2. The number of likely N-dealkylation sites (tertiary alicyclic amines) is 1. The number of benzene rings is 3. The van der Waals surface area contributed by atoms with Crippen LogP contribution in [0.1, 0.15) is 58.9 Å². The summed E-state index contributed by atoms with van der Waals surface area (Å²) >= 11 is 6.03. The average molecular weight is 533 g/mol. The summed E-state index contributed by atoms with van der Waals surface area (Å²) in [6.45, 7) is 5.09. The summed E-state index contributed by atoms with van der Waals surface area (Å²) in [5.41, 5.74) is 3.39. The predicted molar refractivity (Wildman–Crippen MR) is 149 cm³/mol. The number of hydrogen-bond acceptors (Lipinski definition) is 4. The molecule has 1 fully saturated rings. The predicted octanol–water partition coefficient (Wildman–Crippen LogP) is 5.95. The molecule has 2 amide bonds. The Morgan fingerprint density at radius 3 is 2.13 bits per heavy atom. The van der Waals surface area contributed by atoms with E-state index in [2.05, 4.69) is 5.32 Å². The van der Waals surface area contributed by atoms with E-state index < -0.39 is 17.9 Å². The highest BCUT2D eigenvalue weighted by atomic mass is 35.5. The van der Waals surface area contributed by atoms with Gasteiger partial charge < -0.3 is 15.0 Å². The molecule has 0 radical (unpaired) electrons. The van der Waals surface area contributed by atoms with Gasteiger partial charge in [0.25, 0.3) is 5.91 Å². The Bertz CT molecular complexity index is 1280. The number of halogens is 1. The first-order valence-electron chi connectivity index (χ1n) is 12.9. The lowest BCUT2D eigenvalue weighted by Crippen LogP contribution is -2.52. The Labute approximate surface area is 228 Å². The van der Waals surface area contributed by atoms with Gasteiger partial charge in [0.2, 0.25) is 5.91 Å². The van der Waals surface area contributed by atoms with Crippen LogP contribution >= 0.6 is 11.6 Å². The number of ether oxygens (including phenoxy) is 1. The Morgan fingerprint density at radius 2 is 1.53 bits per heavy atom. The molecular formula is C31H33ClN2O4. The van der Waals surface area contributed by atoms with Crippen molar-refractivity contribution in [3.05, 3.63) is 94.5 Å². The monoisotopic (exact) mass is 532 g/mol. The van der Waals surface area contributed by atoms with Gasteiger partial charge in [0.15, 0.2) is 0 Å². The van der Waals surface area contributed by atoms with Crippen LogP contribution in [0, 0.1) is 5.92 Å². The molecule has 0 aromatic heterocycles. The highest BCUT2D eigenvalue weighted by molar-refractivity contribution is 6.30. The number of hydrogen-bond donors (Lipinski definition) is 1. The molecule has 1 aliphatic rings. The van der Waals surface area contributed by atoms with E-state index >= 15 is 0 Å². The van der Waals surface area contributed by atoms with Crippen molar-refractivity contribution < 1.29 is 19.1 Å². The maximum atomic E-state index is 13.5. The maximum Gasteiger partial charge on any atom is 0.337 e. The molecular weight excluding hydrogens is 500 g/mol. The molecule has 1 N–H and O–H groups in total. The Morgan fingerprint density at radius 1 is 0.895 bits per heavy atom. The SMILES string of the molecule is COC(=O)c1cc(C(=O)N[C@@H](C(=O)N2CCC(c3ccc(Cl)cc3)CC2)C(C)C)cc(-c2ccccc2)c1. The fourth-order valence-corrected chi connectivity index (χ4v) is 5.02. The van der Waals surface area contributed by atoms with E-state index in [1.165, 1.54) is 18.7 Å². The quantitative estimate of drug-likeness (QED) is 0.381. The summed E-state index contributed by atoms with van der Waals surface area (Å²) in [5.74, 6) is -0.762. The van der Waals surface area contributed by atoms with E-state index in [4.69, 9.17) is 16.3 Å². The number of carbonyl (C=O) groups excluding carboxylic acids is 3. The number of nitrogens with one attached hydrogen (secondary N) is 1. The van der Waals surface area contributed by atoms with Crippen LogP contribution < -0.4 is 5.32 Å². The lowest BCUT2D eigenvalue weighted by atomic mass is 9.89. The molecule has 1 atom stereocenters. The van der Waals surface area contributed by atoms with Crippen LogP contribution in [-0.2, 0) is 9.53 Å². The lowest BCUT2D eigenvalue weighted by molar-refractivity contribution is -0.135. The van der Waals surface area contributed by atoms with Gasteiger partial charge in [0.1, 0.15) is 6.04 Å². The van der Waals surface area contributed by atoms with Crippen LogP contribution in [0.5, 0.6) is 0 Å². The number of esters is 1. The largest absolute Gasteiger partial charge is 0.465 e. The van der Waals surface area contributed by atoms with Gasteiger partial charge >= 0.3 is 5.97 Å². The van der Waals surface area contributed by atoms with Crippen molar-refractivity contribution in [1.82, 2.24) is 10.2 Å². The highest BCUT2D eigenvalue weighted by Gasteiger charge is 2.32. The number of piperidine rings is 1. The fraction of sp³-hybridized carbons (Fsp3) is 0.323. The molecule has 4 rings (SSSR count). The third kappa shape index (κ3) is 6.43. The van der Waals surface area contributed by atoms with Crippen molar-refractivity contribution in [2.75, 3.05) is 20.2 Å². The van der Waals surface area contributed by atoms with Gasteiger partial charge in [-0.25, -0.2) is 4.79 Å². The first kappa shape index (κ1) is 27.4. The van der Waals surface area contributed by atoms with Gasteiger partial charge in [-0.2, -0.15) is 0 Å².